The van der Waals surface area contributed by atoms with Gasteiger partial charge in [-0.2, -0.15) is 5.10 Å². The van der Waals surface area contributed by atoms with Crippen LogP contribution in [0, 0.1) is 12.8 Å². The summed E-state index contributed by atoms with van der Waals surface area (Å²) >= 11 is 0. The lowest BCUT2D eigenvalue weighted by molar-refractivity contribution is -0.122. The summed E-state index contributed by atoms with van der Waals surface area (Å²) in [5.74, 6) is 0.494. The van der Waals surface area contributed by atoms with Crippen molar-refractivity contribution in [2.75, 3.05) is 31.6 Å². The van der Waals surface area contributed by atoms with E-state index in [1.54, 1.807) is 10.9 Å². The van der Waals surface area contributed by atoms with Crippen molar-refractivity contribution in [2.24, 2.45) is 5.92 Å². The van der Waals surface area contributed by atoms with Gasteiger partial charge in [-0.1, -0.05) is 13.3 Å². The Balaban J connectivity index is 1.91. The quantitative estimate of drug-likeness (QED) is 0.731. The van der Waals surface area contributed by atoms with Gasteiger partial charge in [0.2, 0.25) is 5.91 Å². The minimum atomic E-state index is -2.96. The van der Waals surface area contributed by atoms with Crippen LogP contribution in [0.25, 0.3) is 0 Å². The predicted octanol–water partition coefficient (Wildman–Crippen LogP) is 0.453. The Morgan fingerprint density at radius 3 is 2.75 bits per heavy atom. The molecule has 0 saturated carbocycles. The van der Waals surface area contributed by atoms with Crippen molar-refractivity contribution < 1.29 is 13.2 Å². The molecule has 1 saturated heterocycles. The highest BCUT2D eigenvalue weighted by Crippen LogP contribution is 2.21. The van der Waals surface area contributed by atoms with E-state index in [-0.39, 0.29) is 24.2 Å². The molecule has 0 spiro atoms. The second kappa shape index (κ2) is 8.11. The SMILES string of the molecule is CCC[C@@H]1CN(CCS(C)(=O)=O)C[C@H]1NC(=O)Cn1nccc1C. The van der Waals surface area contributed by atoms with Gasteiger partial charge in [0.1, 0.15) is 16.4 Å². The second-order valence-corrected chi connectivity index (χ2v) is 9.00. The molecule has 2 atom stereocenters. The molecule has 136 valence electrons. The highest BCUT2D eigenvalue weighted by atomic mass is 32.2. The summed E-state index contributed by atoms with van der Waals surface area (Å²) in [6.45, 7) is 6.36. The largest absolute Gasteiger partial charge is 0.350 e. The van der Waals surface area contributed by atoms with Crippen molar-refractivity contribution in [3.63, 3.8) is 0 Å². The van der Waals surface area contributed by atoms with Gasteiger partial charge in [-0.05, 0) is 25.3 Å². The molecule has 1 aromatic rings. The highest BCUT2D eigenvalue weighted by Gasteiger charge is 2.33. The van der Waals surface area contributed by atoms with Gasteiger partial charge < -0.3 is 5.32 Å². The van der Waals surface area contributed by atoms with Crippen molar-refractivity contribution in [1.29, 1.82) is 0 Å². The van der Waals surface area contributed by atoms with Crippen molar-refractivity contribution in [3.05, 3.63) is 18.0 Å². The average Bonchev–Trinajstić information content (AvgIpc) is 3.04. The van der Waals surface area contributed by atoms with E-state index in [1.165, 1.54) is 6.26 Å². The third-order valence-corrected chi connectivity index (χ3v) is 5.45. The number of carbonyl (C=O) groups excluding carboxylic acids is 1. The summed E-state index contributed by atoms with van der Waals surface area (Å²) in [5, 5.41) is 7.25. The molecule has 2 heterocycles. The summed E-state index contributed by atoms with van der Waals surface area (Å²) < 4.78 is 24.4. The molecule has 8 heteroatoms. The van der Waals surface area contributed by atoms with E-state index in [0.29, 0.717) is 19.0 Å². The summed E-state index contributed by atoms with van der Waals surface area (Å²) in [7, 11) is -2.96. The van der Waals surface area contributed by atoms with Gasteiger partial charge in [0.15, 0.2) is 0 Å². The van der Waals surface area contributed by atoms with Crippen LogP contribution in [0.5, 0.6) is 0 Å². The maximum absolute atomic E-state index is 12.3. The minimum Gasteiger partial charge on any atom is -0.350 e. The zero-order chi connectivity index (χ0) is 17.7. The monoisotopic (exact) mass is 356 g/mol. The predicted molar refractivity (Wildman–Crippen MR) is 93.4 cm³/mol. The highest BCUT2D eigenvalue weighted by molar-refractivity contribution is 7.90. The number of likely N-dealkylation sites (tertiary alicyclic amines) is 1. The first kappa shape index (κ1) is 18.9. The van der Waals surface area contributed by atoms with Crippen molar-refractivity contribution in [2.45, 2.75) is 39.3 Å². The molecule has 0 aliphatic carbocycles. The summed E-state index contributed by atoms with van der Waals surface area (Å²) in [6, 6.07) is 1.95. The number of hydrogen-bond donors (Lipinski definition) is 1. The van der Waals surface area contributed by atoms with E-state index >= 15 is 0 Å². The molecule has 1 N–H and O–H groups in total. The van der Waals surface area contributed by atoms with Crippen LogP contribution < -0.4 is 5.32 Å². The first-order chi connectivity index (χ1) is 11.3. The number of carbonyl (C=O) groups is 1. The van der Waals surface area contributed by atoms with E-state index in [4.69, 9.17) is 0 Å². The molecule has 0 bridgehead atoms. The third kappa shape index (κ3) is 5.59. The van der Waals surface area contributed by atoms with Crippen LogP contribution in [0.2, 0.25) is 0 Å². The fraction of sp³-hybridized carbons (Fsp3) is 0.750. The van der Waals surface area contributed by atoms with E-state index in [9.17, 15) is 13.2 Å². The number of aromatic nitrogens is 2. The Bertz CT molecular complexity index is 656. The molecule has 1 amide bonds. The summed E-state index contributed by atoms with van der Waals surface area (Å²) in [5.41, 5.74) is 0.955. The molecule has 24 heavy (non-hydrogen) atoms. The van der Waals surface area contributed by atoms with Gasteiger partial charge in [0.05, 0.1) is 5.75 Å². The first-order valence-corrected chi connectivity index (χ1v) is 10.5. The van der Waals surface area contributed by atoms with E-state index in [1.807, 2.05) is 13.0 Å². The Labute approximate surface area is 144 Å². The van der Waals surface area contributed by atoms with Crippen LogP contribution in [-0.2, 0) is 21.2 Å². The molecule has 2 rings (SSSR count). The summed E-state index contributed by atoms with van der Waals surface area (Å²) in [4.78, 5) is 14.5. The van der Waals surface area contributed by atoms with Gasteiger partial charge in [-0.15, -0.1) is 0 Å². The Kier molecular flexibility index (Phi) is 6.40. The van der Waals surface area contributed by atoms with Crippen LogP contribution in [0.15, 0.2) is 12.3 Å². The zero-order valence-electron chi connectivity index (χ0n) is 14.7. The fourth-order valence-electron chi connectivity index (χ4n) is 3.22. The third-order valence-electron chi connectivity index (χ3n) is 4.52. The van der Waals surface area contributed by atoms with E-state index in [2.05, 4.69) is 22.2 Å². The van der Waals surface area contributed by atoms with E-state index < -0.39 is 9.84 Å². The lowest BCUT2D eigenvalue weighted by Crippen LogP contribution is -2.42. The molecule has 1 fully saturated rings. The van der Waals surface area contributed by atoms with Gasteiger partial charge in [-0.3, -0.25) is 14.4 Å². The molecular weight excluding hydrogens is 328 g/mol. The van der Waals surface area contributed by atoms with Crippen LogP contribution in [-0.4, -0.2) is 66.7 Å². The lowest BCUT2D eigenvalue weighted by Gasteiger charge is -2.19. The second-order valence-electron chi connectivity index (χ2n) is 6.74. The Morgan fingerprint density at radius 2 is 2.17 bits per heavy atom. The smallest absolute Gasteiger partial charge is 0.242 e. The molecule has 1 aliphatic rings. The Morgan fingerprint density at radius 1 is 1.42 bits per heavy atom. The molecular formula is C16H28N4O3S. The van der Waals surface area contributed by atoms with Gasteiger partial charge in [0, 0.05) is 43.8 Å². The standard InChI is InChI=1S/C16H28N4O3S/c1-4-5-14-10-19(8-9-24(3,22)23)11-15(14)18-16(21)12-20-13(2)6-7-17-20/h6-7,14-15H,4-5,8-12H2,1-3H3,(H,18,21)/t14-,15-/m1/s1. The average molecular weight is 356 g/mol. The molecule has 7 nitrogen and oxygen atoms in total. The number of sulfone groups is 1. The molecule has 1 aliphatic heterocycles. The van der Waals surface area contributed by atoms with Crippen molar-refractivity contribution in [1.82, 2.24) is 20.0 Å². The van der Waals surface area contributed by atoms with Crippen LogP contribution in [0.3, 0.4) is 0 Å². The Hall–Kier alpha value is -1.41. The first-order valence-electron chi connectivity index (χ1n) is 8.46. The lowest BCUT2D eigenvalue weighted by atomic mass is 9.98. The van der Waals surface area contributed by atoms with Crippen molar-refractivity contribution >= 4 is 15.7 Å². The number of hydrogen-bond acceptors (Lipinski definition) is 5. The fourth-order valence-corrected chi connectivity index (χ4v) is 3.81. The van der Waals surface area contributed by atoms with Crippen LogP contribution >= 0.6 is 0 Å². The van der Waals surface area contributed by atoms with Gasteiger partial charge in [0.25, 0.3) is 0 Å². The zero-order valence-corrected chi connectivity index (χ0v) is 15.6. The number of nitrogens with zero attached hydrogens (tertiary/aromatic N) is 3. The van der Waals surface area contributed by atoms with Crippen LogP contribution in [0.1, 0.15) is 25.5 Å². The topological polar surface area (TPSA) is 84.3 Å². The maximum atomic E-state index is 12.3. The number of amides is 1. The van der Waals surface area contributed by atoms with Gasteiger partial charge in [-0.25, -0.2) is 8.42 Å². The number of rotatable bonds is 8. The van der Waals surface area contributed by atoms with Crippen LogP contribution in [0.4, 0.5) is 0 Å². The number of aryl methyl sites for hydroxylation is 1. The molecule has 0 aromatic carbocycles. The molecule has 0 unspecified atom stereocenters. The minimum absolute atomic E-state index is 0.0436. The molecule has 0 radical (unpaired) electrons. The van der Waals surface area contributed by atoms with Gasteiger partial charge >= 0.3 is 0 Å². The number of nitrogens with one attached hydrogen (secondary N) is 1. The summed E-state index contributed by atoms with van der Waals surface area (Å²) in [6.07, 6.45) is 5.03. The van der Waals surface area contributed by atoms with E-state index in [0.717, 1.165) is 25.1 Å². The molecule has 1 aromatic heterocycles. The normalized spacial score (nSPS) is 22.0. The van der Waals surface area contributed by atoms with Crippen molar-refractivity contribution in [3.8, 4) is 0 Å². The maximum Gasteiger partial charge on any atom is 0.242 e.